The van der Waals surface area contributed by atoms with Crippen LogP contribution in [0.5, 0.6) is 0 Å². The lowest BCUT2D eigenvalue weighted by Crippen LogP contribution is -2.43. The monoisotopic (exact) mass is 366 g/mol. The minimum atomic E-state index is -4.43. The van der Waals surface area contributed by atoms with Crippen molar-refractivity contribution in [2.75, 3.05) is 18.0 Å². The maximum atomic E-state index is 12.9. The number of hydrogen-bond acceptors (Lipinski definition) is 4. The molecule has 1 aromatic carbocycles. The number of pyridine rings is 1. The summed E-state index contributed by atoms with van der Waals surface area (Å²) in [7, 11) is 0. The number of piperidine rings is 1. The molecule has 1 aromatic heterocycles. The smallest absolute Gasteiger partial charge is 0.387 e. The van der Waals surface area contributed by atoms with Gasteiger partial charge in [0, 0.05) is 13.1 Å². The van der Waals surface area contributed by atoms with Crippen molar-refractivity contribution in [3.63, 3.8) is 0 Å². The predicted molar refractivity (Wildman–Crippen MR) is 91.7 cm³/mol. The zero-order valence-electron chi connectivity index (χ0n) is 14.4. The van der Waals surface area contributed by atoms with Crippen LogP contribution in [0, 0.1) is 0 Å². The first-order chi connectivity index (χ1) is 12.2. The van der Waals surface area contributed by atoms with Gasteiger partial charge in [-0.1, -0.05) is 18.2 Å². The average molecular weight is 366 g/mol. The number of rotatable bonds is 3. The Morgan fingerprint density at radius 2 is 1.77 bits per heavy atom. The number of halogens is 3. The van der Waals surface area contributed by atoms with E-state index in [0.29, 0.717) is 37.4 Å². The second-order valence-corrected chi connectivity index (χ2v) is 6.69. The lowest BCUT2D eigenvalue weighted by molar-refractivity contribution is -0.137. The first-order valence-corrected chi connectivity index (χ1v) is 8.49. The molecule has 1 saturated heterocycles. The molecule has 1 fully saturated rings. The Bertz CT molecular complexity index is 769. The molecule has 7 heteroatoms. The normalized spacial score (nSPS) is 18.6. The highest BCUT2D eigenvalue weighted by atomic mass is 19.4. The van der Waals surface area contributed by atoms with Gasteiger partial charge in [-0.2, -0.15) is 13.2 Å². The molecule has 26 heavy (non-hydrogen) atoms. The zero-order chi connectivity index (χ0) is 18.9. The first-order valence-electron chi connectivity index (χ1n) is 8.49. The van der Waals surface area contributed by atoms with Crippen molar-refractivity contribution in [3.8, 4) is 0 Å². The van der Waals surface area contributed by atoms with Crippen LogP contribution in [0.2, 0.25) is 0 Å². The SMILES string of the molecule is C[C@@H](O)c1cccc(N2CCC(O)(c3cccc(C(F)(F)F)c3)CC2)n1. The molecule has 0 radical (unpaired) electrons. The molecule has 2 aromatic rings. The lowest BCUT2D eigenvalue weighted by atomic mass is 9.83. The van der Waals surface area contributed by atoms with Crippen LogP contribution in [-0.2, 0) is 11.8 Å². The zero-order valence-corrected chi connectivity index (χ0v) is 14.4. The summed E-state index contributed by atoms with van der Waals surface area (Å²) in [6.07, 6.45) is -4.51. The van der Waals surface area contributed by atoms with E-state index < -0.39 is 23.4 Å². The molecule has 0 aliphatic carbocycles. The summed E-state index contributed by atoms with van der Waals surface area (Å²) in [6.45, 7) is 2.56. The number of benzene rings is 1. The third kappa shape index (κ3) is 3.83. The van der Waals surface area contributed by atoms with Gasteiger partial charge >= 0.3 is 6.18 Å². The van der Waals surface area contributed by atoms with Crippen LogP contribution in [0.3, 0.4) is 0 Å². The minimum absolute atomic E-state index is 0.290. The second kappa shape index (κ2) is 6.89. The summed E-state index contributed by atoms with van der Waals surface area (Å²) < 4.78 is 38.8. The molecule has 3 rings (SSSR count). The molecule has 2 N–H and O–H groups in total. The van der Waals surface area contributed by atoms with Gasteiger partial charge in [0.1, 0.15) is 5.82 Å². The molecule has 1 atom stereocenters. The van der Waals surface area contributed by atoms with Crippen molar-refractivity contribution in [1.29, 1.82) is 0 Å². The van der Waals surface area contributed by atoms with Gasteiger partial charge < -0.3 is 15.1 Å². The van der Waals surface area contributed by atoms with E-state index in [2.05, 4.69) is 4.98 Å². The van der Waals surface area contributed by atoms with Gasteiger partial charge in [0.15, 0.2) is 0 Å². The summed E-state index contributed by atoms with van der Waals surface area (Å²) >= 11 is 0. The summed E-state index contributed by atoms with van der Waals surface area (Å²) in [5.41, 5.74) is -1.20. The Kier molecular flexibility index (Phi) is 4.94. The van der Waals surface area contributed by atoms with Crippen LogP contribution in [0.25, 0.3) is 0 Å². The number of anilines is 1. The fraction of sp³-hybridized carbons (Fsp3) is 0.421. The average Bonchev–Trinajstić information content (AvgIpc) is 2.62. The highest BCUT2D eigenvalue weighted by Crippen LogP contribution is 2.37. The van der Waals surface area contributed by atoms with Crippen LogP contribution < -0.4 is 4.90 Å². The number of nitrogens with zero attached hydrogens (tertiary/aromatic N) is 2. The largest absolute Gasteiger partial charge is 0.416 e. The molecule has 0 amide bonds. The van der Waals surface area contributed by atoms with Crippen molar-refractivity contribution < 1.29 is 23.4 Å². The molecule has 0 saturated carbocycles. The van der Waals surface area contributed by atoms with Crippen LogP contribution in [0.4, 0.5) is 19.0 Å². The van der Waals surface area contributed by atoms with E-state index in [-0.39, 0.29) is 5.56 Å². The molecule has 1 aliphatic rings. The highest BCUT2D eigenvalue weighted by molar-refractivity contribution is 5.41. The minimum Gasteiger partial charge on any atom is -0.387 e. The van der Waals surface area contributed by atoms with E-state index in [1.165, 1.54) is 12.1 Å². The highest BCUT2D eigenvalue weighted by Gasteiger charge is 2.37. The van der Waals surface area contributed by atoms with Crippen molar-refractivity contribution in [2.24, 2.45) is 0 Å². The molecular formula is C19H21F3N2O2. The van der Waals surface area contributed by atoms with Crippen LogP contribution in [0.15, 0.2) is 42.5 Å². The number of hydrogen-bond donors (Lipinski definition) is 2. The van der Waals surface area contributed by atoms with Crippen molar-refractivity contribution in [1.82, 2.24) is 4.98 Å². The van der Waals surface area contributed by atoms with Crippen LogP contribution in [0.1, 0.15) is 42.7 Å². The fourth-order valence-electron chi connectivity index (χ4n) is 3.23. The Balaban J connectivity index is 1.76. The molecule has 140 valence electrons. The predicted octanol–water partition coefficient (Wildman–Crippen LogP) is 3.64. The van der Waals surface area contributed by atoms with Gasteiger partial charge in [0.2, 0.25) is 0 Å². The maximum absolute atomic E-state index is 12.9. The first kappa shape index (κ1) is 18.7. The van der Waals surface area contributed by atoms with Crippen molar-refractivity contribution in [3.05, 3.63) is 59.3 Å². The number of alkyl halides is 3. The molecule has 0 unspecified atom stereocenters. The van der Waals surface area contributed by atoms with Gasteiger partial charge in [0.25, 0.3) is 0 Å². The van der Waals surface area contributed by atoms with E-state index in [1.807, 2.05) is 11.0 Å². The topological polar surface area (TPSA) is 56.6 Å². The molecule has 2 heterocycles. The molecular weight excluding hydrogens is 345 g/mol. The summed E-state index contributed by atoms with van der Waals surface area (Å²) in [4.78, 5) is 6.37. The van der Waals surface area contributed by atoms with Gasteiger partial charge in [-0.15, -0.1) is 0 Å². The summed E-state index contributed by atoms with van der Waals surface area (Å²) in [5.74, 6) is 0.689. The van der Waals surface area contributed by atoms with Crippen LogP contribution >= 0.6 is 0 Å². The number of aliphatic hydroxyl groups is 2. The molecule has 4 nitrogen and oxygen atoms in total. The molecule has 1 aliphatic heterocycles. The summed E-state index contributed by atoms with van der Waals surface area (Å²) in [5, 5.41) is 20.5. The Hall–Kier alpha value is -2.12. The maximum Gasteiger partial charge on any atom is 0.416 e. The number of aromatic nitrogens is 1. The third-order valence-corrected chi connectivity index (χ3v) is 4.83. The number of aliphatic hydroxyl groups excluding tert-OH is 1. The van der Waals surface area contributed by atoms with E-state index >= 15 is 0 Å². The molecule has 0 spiro atoms. The van der Waals surface area contributed by atoms with Gasteiger partial charge in [-0.05, 0) is 49.6 Å². The Labute approximate surface area is 149 Å². The third-order valence-electron chi connectivity index (χ3n) is 4.83. The van der Waals surface area contributed by atoms with Crippen molar-refractivity contribution in [2.45, 2.75) is 37.6 Å². The standard InChI is InChI=1S/C19H21F3N2O2/c1-13(25)16-6-3-7-17(23-16)24-10-8-18(26,9-11-24)14-4-2-5-15(12-14)19(20,21)22/h2-7,12-13,25-26H,8-11H2,1H3/t13-/m1/s1. The van der Waals surface area contributed by atoms with E-state index in [9.17, 15) is 23.4 Å². The van der Waals surface area contributed by atoms with E-state index in [0.717, 1.165) is 12.1 Å². The van der Waals surface area contributed by atoms with Crippen LogP contribution in [-0.4, -0.2) is 28.3 Å². The summed E-state index contributed by atoms with van der Waals surface area (Å²) in [6, 6.07) is 10.3. The van der Waals surface area contributed by atoms with E-state index in [1.54, 1.807) is 19.1 Å². The quantitative estimate of drug-likeness (QED) is 0.871. The Morgan fingerprint density at radius 1 is 1.12 bits per heavy atom. The van der Waals surface area contributed by atoms with Crippen molar-refractivity contribution >= 4 is 5.82 Å². The van der Waals surface area contributed by atoms with Gasteiger partial charge in [-0.25, -0.2) is 4.98 Å². The lowest BCUT2D eigenvalue weighted by Gasteiger charge is -2.39. The Morgan fingerprint density at radius 3 is 2.38 bits per heavy atom. The van der Waals surface area contributed by atoms with Gasteiger partial charge in [-0.3, -0.25) is 0 Å². The van der Waals surface area contributed by atoms with E-state index in [4.69, 9.17) is 0 Å². The molecule has 0 bridgehead atoms. The van der Waals surface area contributed by atoms with Gasteiger partial charge in [0.05, 0.1) is 23.0 Å². The second-order valence-electron chi connectivity index (χ2n) is 6.69. The fourth-order valence-corrected chi connectivity index (χ4v) is 3.23.